The Labute approximate surface area is 94.6 Å². The first kappa shape index (κ1) is 12.0. The number of nitrogens with zero attached hydrogens (tertiary/aromatic N) is 1. The van der Waals surface area contributed by atoms with E-state index in [-0.39, 0.29) is 5.57 Å². The molecule has 0 unspecified atom stereocenters. The van der Waals surface area contributed by atoms with Crippen LogP contribution in [-0.4, -0.2) is 11.1 Å². The number of hydrogen-bond acceptors (Lipinski definition) is 2. The molecule has 82 valence electrons. The van der Waals surface area contributed by atoms with Gasteiger partial charge in [-0.15, -0.1) is 0 Å². The minimum Gasteiger partial charge on any atom is -0.477 e. The van der Waals surface area contributed by atoms with Crippen LogP contribution in [0.5, 0.6) is 0 Å². The maximum atomic E-state index is 10.8. The van der Waals surface area contributed by atoms with Crippen LogP contribution in [0.1, 0.15) is 18.9 Å². The zero-order valence-corrected chi connectivity index (χ0v) is 9.10. The summed E-state index contributed by atoms with van der Waals surface area (Å²) in [6.45, 7) is 1.86. The van der Waals surface area contributed by atoms with Crippen LogP contribution < -0.4 is 0 Å². The molecule has 1 aromatic rings. The molecule has 1 aromatic carbocycles. The standard InChI is InChI=1S/C13H13NO2/c1-2-11(12(9-14)13(15)16)8-10-6-4-3-5-7-10/h3-7H,2,8H2,1H3,(H,15,16)/b12-11-. The molecule has 16 heavy (non-hydrogen) atoms. The third-order valence-corrected chi connectivity index (χ3v) is 2.37. The molecule has 0 radical (unpaired) electrons. The second kappa shape index (κ2) is 5.72. The molecule has 0 saturated heterocycles. The van der Waals surface area contributed by atoms with E-state index in [1.54, 1.807) is 6.07 Å². The summed E-state index contributed by atoms with van der Waals surface area (Å²) in [5.74, 6) is -1.14. The fourth-order valence-corrected chi connectivity index (χ4v) is 1.51. The highest BCUT2D eigenvalue weighted by molar-refractivity contribution is 5.92. The monoisotopic (exact) mass is 215 g/mol. The van der Waals surface area contributed by atoms with Crippen LogP contribution >= 0.6 is 0 Å². The molecule has 0 amide bonds. The van der Waals surface area contributed by atoms with E-state index in [9.17, 15) is 4.79 Å². The van der Waals surface area contributed by atoms with Crippen LogP contribution in [0.4, 0.5) is 0 Å². The van der Waals surface area contributed by atoms with E-state index in [1.165, 1.54) is 0 Å². The van der Waals surface area contributed by atoms with Gasteiger partial charge in [0.05, 0.1) is 0 Å². The van der Waals surface area contributed by atoms with Gasteiger partial charge < -0.3 is 5.11 Å². The summed E-state index contributed by atoms with van der Waals surface area (Å²) in [4.78, 5) is 10.8. The van der Waals surface area contributed by atoms with Gasteiger partial charge in [0.2, 0.25) is 0 Å². The Morgan fingerprint density at radius 1 is 1.38 bits per heavy atom. The Morgan fingerprint density at radius 2 is 2.00 bits per heavy atom. The van der Waals surface area contributed by atoms with Crippen molar-refractivity contribution in [2.75, 3.05) is 0 Å². The van der Waals surface area contributed by atoms with Crippen molar-refractivity contribution < 1.29 is 9.90 Å². The number of benzene rings is 1. The topological polar surface area (TPSA) is 61.1 Å². The normalized spacial score (nSPS) is 11.5. The largest absolute Gasteiger partial charge is 0.477 e. The lowest BCUT2D eigenvalue weighted by Crippen LogP contribution is -2.04. The van der Waals surface area contributed by atoms with Gasteiger partial charge in [0.1, 0.15) is 11.6 Å². The smallest absolute Gasteiger partial charge is 0.346 e. The Morgan fingerprint density at radius 3 is 2.44 bits per heavy atom. The molecule has 0 aromatic heterocycles. The Bertz CT molecular complexity index is 441. The molecule has 3 heteroatoms. The maximum Gasteiger partial charge on any atom is 0.346 e. The van der Waals surface area contributed by atoms with E-state index in [4.69, 9.17) is 10.4 Å². The maximum absolute atomic E-state index is 10.8. The predicted molar refractivity (Wildman–Crippen MR) is 60.7 cm³/mol. The number of rotatable bonds is 4. The molecule has 1 rings (SSSR count). The number of allylic oxidation sites excluding steroid dienone is 1. The molecule has 0 aliphatic rings. The predicted octanol–water partition coefficient (Wildman–Crippen LogP) is 2.54. The second-order valence-electron chi connectivity index (χ2n) is 3.41. The molecule has 0 saturated carbocycles. The fraction of sp³-hybridized carbons (Fsp3) is 0.231. The van der Waals surface area contributed by atoms with Crippen LogP contribution in [0.25, 0.3) is 0 Å². The van der Waals surface area contributed by atoms with Crippen molar-refractivity contribution in [2.45, 2.75) is 19.8 Å². The molecule has 0 fully saturated rings. The summed E-state index contributed by atoms with van der Waals surface area (Å²) in [6, 6.07) is 11.3. The van der Waals surface area contributed by atoms with Crippen molar-refractivity contribution in [1.82, 2.24) is 0 Å². The van der Waals surface area contributed by atoms with Crippen molar-refractivity contribution in [3.63, 3.8) is 0 Å². The lowest BCUT2D eigenvalue weighted by Gasteiger charge is -2.05. The first-order valence-electron chi connectivity index (χ1n) is 5.08. The van der Waals surface area contributed by atoms with Crippen molar-refractivity contribution >= 4 is 5.97 Å². The SMILES string of the molecule is CC/C(Cc1ccccc1)=C(\C#N)C(=O)O. The summed E-state index contributed by atoms with van der Waals surface area (Å²) < 4.78 is 0. The molecule has 0 bridgehead atoms. The number of carboxylic acids is 1. The summed E-state index contributed by atoms with van der Waals surface area (Å²) in [6.07, 6.45) is 1.09. The summed E-state index contributed by atoms with van der Waals surface area (Å²) in [7, 11) is 0. The number of nitriles is 1. The van der Waals surface area contributed by atoms with E-state index in [0.29, 0.717) is 18.4 Å². The van der Waals surface area contributed by atoms with Crippen LogP contribution in [0.3, 0.4) is 0 Å². The lowest BCUT2D eigenvalue weighted by molar-refractivity contribution is -0.132. The molecule has 3 nitrogen and oxygen atoms in total. The zero-order chi connectivity index (χ0) is 12.0. The lowest BCUT2D eigenvalue weighted by atomic mass is 9.98. The fourth-order valence-electron chi connectivity index (χ4n) is 1.51. The quantitative estimate of drug-likeness (QED) is 0.620. The van der Waals surface area contributed by atoms with Gasteiger partial charge in [0.25, 0.3) is 0 Å². The van der Waals surface area contributed by atoms with Crippen molar-refractivity contribution in [1.29, 1.82) is 5.26 Å². The second-order valence-corrected chi connectivity index (χ2v) is 3.41. The van der Waals surface area contributed by atoms with Gasteiger partial charge in [-0.1, -0.05) is 37.3 Å². The van der Waals surface area contributed by atoms with Crippen molar-refractivity contribution in [3.05, 3.63) is 47.0 Å². The Kier molecular flexibility index (Phi) is 4.28. The van der Waals surface area contributed by atoms with E-state index < -0.39 is 5.97 Å². The molecule has 0 aliphatic carbocycles. The van der Waals surface area contributed by atoms with E-state index in [0.717, 1.165) is 5.56 Å². The van der Waals surface area contributed by atoms with Gasteiger partial charge in [-0.05, 0) is 24.0 Å². The van der Waals surface area contributed by atoms with Crippen molar-refractivity contribution in [3.8, 4) is 6.07 Å². The Balaban J connectivity index is 3.01. The van der Waals surface area contributed by atoms with Crippen LogP contribution in [0, 0.1) is 11.3 Å². The van der Waals surface area contributed by atoms with Gasteiger partial charge in [0, 0.05) is 0 Å². The van der Waals surface area contributed by atoms with Crippen LogP contribution in [0.2, 0.25) is 0 Å². The van der Waals surface area contributed by atoms with Gasteiger partial charge in [-0.3, -0.25) is 0 Å². The third-order valence-electron chi connectivity index (χ3n) is 2.37. The molecule has 0 atom stereocenters. The average molecular weight is 215 g/mol. The molecule has 0 spiro atoms. The molecule has 1 N–H and O–H groups in total. The van der Waals surface area contributed by atoms with Gasteiger partial charge in [-0.2, -0.15) is 5.26 Å². The minimum absolute atomic E-state index is 0.133. The first-order valence-corrected chi connectivity index (χ1v) is 5.08. The molecular weight excluding hydrogens is 202 g/mol. The van der Waals surface area contributed by atoms with Gasteiger partial charge in [-0.25, -0.2) is 4.79 Å². The average Bonchev–Trinajstić information content (AvgIpc) is 2.29. The van der Waals surface area contributed by atoms with E-state index >= 15 is 0 Å². The zero-order valence-electron chi connectivity index (χ0n) is 9.10. The summed E-state index contributed by atoms with van der Waals surface area (Å²) in [5, 5.41) is 17.7. The highest BCUT2D eigenvalue weighted by atomic mass is 16.4. The van der Waals surface area contributed by atoms with Crippen LogP contribution in [0.15, 0.2) is 41.5 Å². The highest BCUT2D eigenvalue weighted by Crippen LogP contribution is 2.15. The van der Waals surface area contributed by atoms with Gasteiger partial charge in [0.15, 0.2) is 0 Å². The first-order chi connectivity index (χ1) is 7.69. The summed E-state index contributed by atoms with van der Waals surface area (Å²) >= 11 is 0. The summed E-state index contributed by atoms with van der Waals surface area (Å²) in [5.41, 5.74) is 1.56. The number of carbonyl (C=O) groups is 1. The number of hydrogen-bond donors (Lipinski definition) is 1. The van der Waals surface area contributed by atoms with Crippen LogP contribution in [-0.2, 0) is 11.2 Å². The van der Waals surface area contributed by atoms with Gasteiger partial charge >= 0.3 is 5.97 Å². The molecule has 0 aliphatic heterocycles. The van der Waals surface area contributed by atoms with E-state index in [2.05, 4.69) is 0 Å². The highest BCUT2D eigenvalue weighted by Gasteiger charge is 2.12. The van der Waals surface area contributed by atoms with Crippen molar-refractivity contribution in [2.24, 2.45) is 0 Å². The number of aliphatic carboxylic acids is 1. The minimum atomic E-state index is -1.14. The third kappa shape index (κ3) is 2.96. The number of carboxylic acid groups (broad SMARTS) is 1. The molecule has 0 heterocycles. The molecular formula is C13H13NO2. The van der Waals surface area contributed by atoms with E-state index in [1.807, 2.05) is 37.3 Å². The Hall–Kier alpha value is -2.08.